The monoisotopic (exact) mass is 239 g/mol. The van der Waals surface area contributed by atoms with Crippen LogP contribution in [0.1, 0.15) is 5.69 Å². The fourth-order valence-electron chi connectivity index (χ4n) is 1.34. The second kappa shape index (κ2) is 5.27. The molecule has 0 radical (unpaired) electrons. The Morgan fingerprint density at radius 3 is 2.38 bits per heavy atom. The lowest BCUT2D eigenvalue weighted by atomic mass is 10.4. The van der Waals surface area contributed by atoms with Gasteiger partial charge in [0.15, 0.2) is 18.9 Å². The quantitative estimate of drug-likeness (QED) is 0.532. The lowest BCUT2D eigenvalue weighted by Gasteiger charge is -1.95. The molecule has 0 amide bonds. The fraction of sp³-hybridized carbons (Fsp3) is 0.100. The number of pyridine rings is 1. The molecule has 2 heterocycles. The van der Waals surface area contributed by atoms with Crippen LogP contribution in [0.3, 0.4) is 0 Å². The van der Waals surface area contributed by atoms with Gasteiger partial charge in [0.1, 0.15) is 0 Å². The highest BCUT2D eigenvalue weighted by Gasteiger charge is 2.02. The molecule has 0 aliphatic heterocycles. The van der Waals surface area contributed by atoms with Gasteiger partial charge in [-0.05, 0) is 0 Å². The third-order valence-electron chi connectivity index (χ3n) is 1.95. The second-order valence-electron chi connectivity index (χ2n) is 3.16. The predicted molar refractivity (Wildman–Crippen MR) is 53.4 cm³/mol. The van der Waals surface area contributed by atoms with Crippen molar-refractivity contribution in [1.82, 2.24) is 9.97 Å². The van der Waals surface area contributed by atoms with Crippen LogP contribution in [0.25, 0.3) is 0 Å². The van der Waals surface area contributed by atoms with Crippen LogP contribution in [0.5, 0.6) is 0 Å². The number of halogens is 1. The molecule has 0 spiro atoms. The summed E-state index contributed by atoms with van der Waals surface area (Å²) in [6, 6.07) is 7.04. The maximum Gasteiger partial charge on any atom is 0.326 e. The molecule has 2 N–H and O–H groups in total. The summed E-state index contributed by atoms with van der Waals surface area (Å²) in [6.45, 7) is 0.472. The van der Waals surface area contributed by atoms with Crippen LogP contribution < -0.4 is 28.2 Å². The zero-order valence-corrected chi connectivity index (χ0v) is 9.07. The number of nitrogens with zero attached hydrogens (tertiary/aromatic N) is 1. The molecule has 0 atom stereocenters. The van der Waals surface area contributed by atoms with Gasteiger partial charge in [-0.2, -0.15) is 4.57 Å². The Balaban J connectivity index is 0.00000128. The summed E-state index contributed by atoms with van der Waals surface area (Å²) in [5.41, 5.74) is -0.278. The smallest absolute Gasteiger partial charge is 0.326 e. The molecule has 84 valence electrons. The molecular formula is C10H10ClN3O2. The summed E-state index contributed by atoms with van der Waals surface area (Å²) in [6.07, 6.45) is 3.72. The van der Waals surface area contributed by atoms with Gasteiger partial charge in [-0.25, -0.2) is 4.79 Å². The molecular weight excluding hydrogens is 230 g/mol. The molecule has 2 rings (SSSR count). The van der Waals surface area contributed by atoms with Crippen molar-refractivity contribution < 1.29 is 17.0 Å². The van der Waals surface area contributed by atoms with E-state index in [-0.39, 0.29) is 18.0 Å². The van der Waals surface area contributed by atoms with Crippen molar-refractivity contribution >= 4 is 0 Å². The fourth-order valence-corrected chi connectivity index (χ4v) is 1.34. The highest BCUT2D eigenvalue weighted by atomic mass is 35.5. The Bertz CT molecular complexity index is 534. The van der Waals surface area contributed by atoms with Crippen LogP contribution in [-0.4, -0.2) is 9.97 Å². The summed E-state index contributed by atoms with van der Waals surface area (Å²) in [5.74, 6) is 0. The topological polar surface area (TPSA) is 69.6 Å². The first-order valence-corrected chi connectivity index (χ1v) is 4.51. The van der Waals surface area contributed by atoms with Crippen molar-refractivity contribution in [2.75, 3.05) is 0 Å². The van der Waals surface area contributed by atoms with Crippen LogP contribution in [0.15, 0.2) is 46.2 Å². The van der Waals surface area contributed by atoms with Crippen molar-refractivity contribution in [3.05, 3.63) is 63.2 Å². The average Bonchev–Trinajstić information content (AvgIpc) is 2.17. The highest BCUT2D eigenvalue weighted by Crippen LogP contribution is 1.85. The Hall–Kier alpha value is -1.88. The van der Waals surface area contributed by atoms with Gasteiger partial charge in [0.25, 0.3) is 5.56 Å². The van der Waals surface area contributed by atoms with E-state index in [1.807, 2.05) is 35.2 Å². The molecule has 2 aromatic heterocycles. The van der Waals surface area contributed by atoms with E-state index >= 15 is 0 Å². The largest absolute Gasteiger partial charge is 1.00 e. The number of H-pyrrole nitrogens is 2. The number of hydrogen-bond donors (Lipinski definition) is 2. The molecule has 0 unspecified atom stereocenters. The van der Waals surface area contributed by atoms with E-state index in [0.29, 0.717) is 12.2 Å². The van der Waals surface area contributed by atoms with Crippen molar-refractivity contribution in [3.8, 4) is 0 Å². The molecule has 16 heavy (non-hydrogen) atoms. The Labute approximate surface area is 97.2 Å². The number of nitrogens with one attached hydrogen (secondary N) is 2. The Morgan fingerprint density at radius 1 is 1.06 bits per heavy atom. The molecule has 0 bridgehead atoms. The molecule has 0 aliphatic rings. The molecule has 0 saturated heterocycles. The lowest BCUT2D eigenvalue weighted by Crippen LogP contribution is -3.00. The van der Waals surface area contributed by atoms with Crippen LogP contribution >= 0.6 is 0 Å². The normalized spacial score (nSPS) is 9.50. The van der Waals surface area contributed by atoms with Crippen molar-refractivity contribution in [1.29, 1.82) is 0 Å². The molecule has 6 heteroatoms. The van der Waals surface area contributed by atoms with E-state index in [4.69, 9.17) is 0 Å². The van der Waals surface area contributed by atoms with E-state index in [9.17, 15) is 9.59 Å². The summed E-state index contributed by atoms with van der Waals surface area (Å²) in [7, 11) is 0. The molecule has 0 aliphatic carbocycles. The van der Waals surface area contributed by atoms with Gasteiger partial charge in [0.2, 0.25) is 0 Å². The van der Waals surface area contributed by atoms with Gasteiger partial charge in [-0.1, -0.05) is 6.07 Å². The third kappa shape index (κ3) is 3.06. The number of hydrogen-bond acceptors (Lipinski definition) is 2. The van der Waals surface area contributed by atoms with Crippen LogP contribution in [0.4, 0.5) is 0 Å². The van der Waals surface area contributed by atoms with E-state index in [1.54, 1.807) is 0 Å². The SMILES string of the molecule is O=c1cc(C[n+]2ccccc2)[nH]c(=O)[nH]1.[Cl-]. The zero-order valence-electron chi connectivity index (χ0n) is 8.31. The van der Waals surface area contributed by atoms with Gasteiger partial charge in [0.05, 0.1) is 5.69 Å². The summed E-state index contributed by atoms with van der Waals surface area (Å²) in [4.78, 5) is 26.7. The van der Waals surface area contributed by atoms with Crippen LogP contribution in [0, 0.1) is 0 Å². The zero-order chi connectivity index (χ0) is 10.7. The number of aromatic amines is 2. The Morgan fingerprint density at radius 2 is 1.75 bits per heavy atom. The van der Waals surface area contributed by atoms with Crippen molar-refractivity contribution in [3.63, 3.8) is 0 Å². The first-order chi connectivity index (χ1) is 7.24. The minimum Gasteiger partial charge on any atom is -1.00 e. The highest BCUT2D eigenvalue weighted by molar-refractivity contribution is 4.96. The summed E-state index contributed by atoms with van der Waals surface area (Å²) >= 11 is 0. The second-order valence-corrected chi connectivity index (χ2v) is 3.16. The molecule has 0 fully saturated rings. The Kier molecular flexibility index (Phi) is 4.02. The predicted octanol–water partition coefficient (Wildman–Crippen LogP) is -3.60. The van der Waals surface area contributed by atoms with Gasteiger partial charge < -0.3 is 17.4 Å². The van der Waals surface area contributed by atoms with Gasteiger partial charge in [-0.15, -0.1) is 0 Å². The number of rotatable bonds is 2. The standard InChI is InChI=1S/C10H9N3O2.ClH/c14-9-6-8(11-10(15)12-9)7-13-4-2-1-3-5-13;/h1-6H,7H2,(H-,11,12,14,15);1H. The number of aromatic nitrogens is 3. The maximum atomic E-state index is 11.0. The minimum absolute atomic E-state index is 0. The maximum absolute atomic E-state index is 11.0. The lowest BCUT2D eigenvalue weighted by molar-refractivity contribution is -0.688. The minimum atomic E-state index is -0.478. The van der Waals surface area contributed by atoms with E-state index in [0.717, 1.165) is 0 Å². The average molecular weight is 240 g/mol. The van der Waals surface area contributed by atoms with E-state index in [2.05, 4.69) is 9.97 Å². The molecule has 0 saturated carbocycles. The van der Waals surface area contributed by atoms with E-state index in [1.165, 1.54) is 6.07 Å². The molecule has 5 nitrogen and oxygen atoms in total. The molecule has 2 aromatic rings. The van der Waals surface area contributed by atoms with Crippen LogP contribution in [0.2, 0.25) is 0 Å². The van der Waals surface area contributed by atoms with Gasteiger partial charge >= 0.3 is 5.69 Å². The van der Waals surface area contributed by atoms with Crippen LogP contribution in [-0.2, 0) is 6.54 Å². The molecule has 0 aromatic carbocycles. The first kappa shape index (κ1) is 12.2. The van der Waals surface area contributed by atoms with Gasteiger partial charge in [0, 0.05) is 18.2 Å². The first-order valence-electron chi connectivity index (χ1n) is 4.51. The third-order valence-corrected chi connectivity index (χ3v) is 1.95. The van der Waals surface area contributed by atoms with Gasteiger partial charge in [-0.3, -0.25) is 9.78 Å². The van der Waals surface area contributed by atoms with E-state index < -0.39 is 5.69 Å². The summed E-state index contributed by atoms with van der Waals surface area (Å²) < 4.78 is 1.87. The van der Waals surface area contributed by atoms with Crippen molar-refractivity contribution in [2.24, 2.45) is 0 Å². The summed E-state index contributed by atoms with van der Waals surface area (Å²) in [5, 5.41) is 0. The van der Waals surface area contributed by atoms with Crippen molar-refractivity contribution in [2.45, 2.75) is 6.54 Å².